The van der Waals surface area contributed by atoms with Gasteiger partial charge >= 0.3 is 11.9 Å². The van der Waals surface area contributed by atoms with Gasteiger partial charge in [0.05, 0.1) is 12.0 Å². The summed E-state index contributed by atoms with van der Waals surface area (Å²) in [4.78, 5) is 20.7. The van der Waals surface area contributed by atoms with E-state index in [0.29, 0.717) is 6.07 Å². The van der Waals surface area contributed by atoms with Gasteiger partial charge in [-0.25, -0.2) is 0 Å². The number of benzene rings is 1. The third-order valence-corrected chi connectivity index (χ3v) is 2.18. The van der Waals surface area contributed by atoms with E-state index in [-0.39, 0.29) is 0 Å². The highest BCUT2D eigenvalue weighted by molar-refractivity contribution is 5.95. The summed E-state index contributed by atoms with van der Waals surface area (Å²) in [6.07, 6.45) is -4.85. The lowest BCUT2D eigenvalue weighted by molar-refractivity contribution is -0.386. The lowest BCUT2D eigenvalue weighted by atomic mass is 10.0. The number of halogens is 3. The number of ketones is 1. The molecule has 8 heteroatoms. The molecule has 0 bridgehead atoms. The number of carbonyl (C=O) groups is 1. The van der Waals surface area contributed by atoms with E-state index < -0.39 is 39.4 Å². The van der Waals surface area contributed by atoms with Crippen molar-refractivity contribution in [3.8, 4) is 5.75 Å². The largest absolute Gasteiger partial charge is 0.490 e. The van der Waals surface area contributed by atoms with E-state index in [4.69, 9.17) is 0 Å². The monoisotopic (exact) mass is 263 g/mol. The van der Waals surface area contributed by atoms with Gasteiger partial charge < -0.3 is 4.74 Å². The first-order chi connectivity index (χ1) is 8.18. The number of rotatable bonds is 3. The number of methoxy groups -OCH3 is 1. The number of carbonyl (C=O) groups excluding carboxylic acids is 1. The van der Waals surface area contributed by atoms with E-state index in [0.717, 1.165) is 20.1 Å². The van der Waals surface area contributed by atoms with E-state index in [1.165, 1.54) is 0 Å². The van der Waals surface area contributed by atoms with Gasteiger partial charge in [-0.1, -0.05) is 0 Å². The molecule has 98 valence electrons. The van der Waals surface area contributed by atoms with Crippen molar-refractivity contribution in [2.24, 2.45) is 0 Å². The minimum absolute atomic E-state index is 0.394. The van der Waals surface area contributed by atoms with Gasteiger partial charge in [0, 0.05) is 11.6 Å². The molecule has 0 aliphatic heterocycles. The molecule has 0 aromatic heterocycles. The number of hydrogen-bond acceptors (Lipinski definition) is 4. The molecule has 0 spiro atoms. The second-order valence-electron chi connectivity index (χ2n) is 3.39. The fraction of sp³-hybridized carbons (Fsp3) is 0.300. The zero-order chi connectivity index (χ0) is 14.1. The Bertz CT molecular complexity index is 511. The normalized spacial score (nSPS) is 11.2. The molecule has 0 fully saturated rings. The number of hydrogen-bond donors (Lipinski definition) is 0. The Morgan fingerprint density at radius 2 is 1.94 bits per heavy atom. The maximum Gasteiger partial charge on any atom is 0.420 e. The fourth-order valence-electron chi connectivity index (χ4n) is 1.38. The summed E-state index contributed by atoms with van der Waals surface area (Å²) in [6, 6.07) is 1.30. The van der Waals surface area contributed by atoms with Crippen molar-refractivity contribution in [1.29, 1.82) is 0 Å². The van der Waals surface area contributed by atoms with Gasteiger partial charge in [0.2, 0.25) is 5.75 Å². The van der Waals surface area contributed by atoms with Crippen LogP contribution in [0.1, 0.15) is 22.8 Å². The Hall–Kier alpha value is -2.12. The van der Waals surface area contributed by atoms with Crippen LogP contribution in [0.5, 0.6) is 5.75 Å². The van der Waals surface area contributed by atoms with Crippen molar-refractivity contribution < 1.29 is 27.6 Å². The van der Waals surface area contributed by atoms with E-state index >= 15 is 0 Å². The smallest absolute Gasteiger partial charge is 0.420 e. The summed E-state index contributed by atoms with van der Waals surface area (Å²) >= 11 is 0. The minimum Gasteiger partial charge on any atom is -0.490 e. The van der Waals surface area contributed by atoms with Crippen molar-refractivity contribution in [3.63, 3.8) is 0 Å². The van der Waals surface area contributed by atoms with Gasteiger partial charge in [0.1, 0.15) is 5.56 Å². The van der Waals surface area contributed by atoms with Crippen LogP contribution in [-0.4, -0.2) is 17.8 Å². The first kappa shape index (κ1) is 13.9. The van der Waals surface area contributed by atoms with Crippen LogP contribution < -0.4 is 4.74 Å². The summed E-state index contributed by atoms with van der Waals surface area (Å²) in [7, 11) is 0.894. The standard InChI is InChI=1S/C10H8F3NO4/c1-5(15)6-3-7(10(11,12)13)9(18-2)8(4-6)14(16)17/h3-4H,1-2H3. The van der Waals surface area contributed by atoms with E-state index in [1.807, 2.05) is 0 Å². The molecule has 0 radical (unpaired) electrons. The van der Waals surface area contributed by atoms with Gasteiger partial charge in [0.15, 0.2) is 5.78 Å². The highest BCUT2D eigenvalue weighted by Gasteiger charge is 2.39. The van der Waals surface area contributed by atoms with Crippen LogP contribution in [-0.2, 0) is 6.18 Å². The van der Waals surface area contributed by atoms with Gasteiger partial charge in [-0.15, -0.1) is 0 Å². The molecule has 1 aromatic rings. The molecule has 0 heterocycles. The summed E-state index contributed by atoms with van der Waals surface area (Å²) in [5.41, 5.74) is -2.63. The molecule has 0 aliphatic carbocycles. The number of nitro groups is 1. The van der Waals surface area contributed by atoms with Crippen molar-refractivity contribution in [1.82, 2.24) is 0 Å². The SMILES string of the molecule is COc1c([N+](=O)[O-])cc(C(C)=O)cc1C(F)(F)F. The number of Topliss-reactive ketones (excluding diaryl/α,β-unsaturated/α-hetero) is 1. The van der Waals surface area contributed by atoms with Gasteiger partial charge in [-0.05, 0) is 13.0 Å². The Morgan fingerprint density at radius 1 is 1.39 bits per heavy atom. The molecule has 18 heavy (non-hydrogen) atoms. The third-order valence-electron chi connectivity index (χ3n) is 2.18. The zero-order valence-electron chi connectivity index (χ0n) is 9.37. The predicted molar refractivity (Wildman–Crippen MR) is 54.7 cm³/mol. The quantitative estimate of drug-likeness (QED) is 0.477. The first-order valence-electron chi connectivity index (χ1n) is 4.63. The molecular weight excluding hydrogens is 255 g/mol. The molecular formula is C10H8F3NO4. The minimum atomic E-state index is -4.85. The number of nitro benzene ring substituents is 1. The summed E-state index contributed by atoms with van der Waals surface area (Å²) < 4.78 is 42.6. The summed E-state index contributed by atoms with van der Waals surface area (Å²) in [6.45, 7) is 1.02. The maximum absolute atomic E-state index is 12.7. The van der Waals surface area contributed by atoms with Crippen molar-refractivity contribution in [2.45, 2.75) is 13.1 Å². The lowest BCUT2D eigenvalue weighted by Gasteiger charge is -2.13. The van der Waals surface area contributed by atoms with Gasteiger partial charge in [-0.3, -0.25) is 14.9 Å². The van der Waals surface area contributed by atoms with Gasteiger partial charge in [-0.2, -0.15) is 13.2 Å². The van der Waals surface area contributed by atoms with Crippen LogP contribution in [0.15, 0.2) is 12.1 Å². The van der Waals surface area contributed by atoms with Crippen LogP contribution in [0.3, 0.4) is 0 Å². The molecule has 0 atom stereocenters. The Kier molecular flexibility index (Phi) is 3.59. The van der Waals surface area contributed by atoms with E-state index in [1.54, 1.807) is 0 Å². The molecule has 0 saturated carbocycles. The maximum atomic E-state index is 12.7. The number of alkyl halides is 3. The fourth-order valence-corrected chi connectivity index (χ4v) is 1.38. The van der Waals surface area contributed by atoms with Crippen molar-refractivity contribution >= 4 is 11.5 Å². The average molecular weight is 263 g/mol. The number of nitrogens with zero attached hydrogens (tertiary/aromatic N) is 1. The van der Waals surface area contributed by atoms with Crippen LogP contribution in [0, 0.1) is 10.1 Å². The van der Waals surface area contributed by atoms with E-state index in [2.05, 4.69) is 4.74 Å². The van der Waals surface area contributed by atoms with Crippen molar-refractivity contribution in [2.75, 3.05) is 7.11 Å². The second-order valence-corrected chi connectivity index (χ2v) is 3.39. The summed E-state index contributed by atoms with van der Waals surface area (Å²) in [5, 5.41) is 10.7. The Morgan fingerprint density at radius 3 is 2.28 bits per heavy atom. The molecule has 0 N–H and O–H groups in total. The molecule has 0 saturated heterocycles. The van der Waals surface area contributed by atoms with Crippen LogP contribution in [0.25, 0.3) is 0 Å². The highest BCUT2D eigenvalue weighted by Crippen LogP contribution is 2.42. The molecule has 0 unspecified atom stereocenters. The topological polar surface area (TPSA) is 69.4 Å². The van der Waals surface area contributed by atoms with Crippen LogP contribution in [0.2, 0.25) is 0 Å². The molecule has 0 aliphatic rings. The van der Waals surface area contributed by atoms with Crippen molar-refractivity contribution in [3.05, 3.63) is 33.4 Å². The van der Waals surface area contributed by atoms with E-state index in [9.17, 15) is 28.1 Å². The third kappa shape index (κ3) is 2.58. The molecule has 5 nitrogen and oxygen atoms in total. The lowest BCUT2D eigenvalue weighted by Crippen LogP contribution is -2.11. The predicted octanol–water partition coefficient (Wildman–Crippen LogP) is 2.82. The average Bonchev–Trinajstić information content (AvgIpc) is 2.25. The van der Waals surface area contributed by atoms with Crippen LogP contribution in [0.4, 0.5) is 18.9 Å². The Balaban J connectivity index is 3.67. The number of ether oxygens (including phenoxy) is 1. The molecule has 0 amide bonds. The molecule has 1 rings (SSSR count). The molecule has 1 aromatic carbocycles. The zero-order valence-corrected chi connectivity index (χ0v) is 9.37. The van der Waals surface area contributed by atoms with Crippen LogP contribution >= 0.6 is 0 Å². The van der Waals surface area contributed by atoms with Gasteiger partial charge in [0.25, 0.3) is 0 Å². The highest BCUT2D eigenvalue weighted by atomic mass is 19.4. The summed E-state index contributed by atoms with van der Waals surface area (Å²) in [5.74, 6) is -1.61. The Labute approximate surface area is 99.3 Å². The second kappa shape index (κ2) is 4.63. The first-order valence-corrected chi connectivity index (χ1v) is 4.63.